The third-order valence-electron chi connectivity index (χ3n) is 2.98. The Morgan fingerprint density at radius 2 is 2.35 bits per heavy atom. The SMILES string of the molecule is CCOC[C@H](O)CN1CCc2cccc(F)c21. The van der Waals surface area contributed by atoms with E-state index in [0.29, 0.717) is 25.4 Å². The van der Waals surface area contributed by atoms with E-state index in [0.717, 1.165) is 18.5 Å². The van der Waals surface area contributed by atoms with E-state index in [1.165, 1.54) is 6.07 Å². The lowest BCUT2D eigenvalue weighted by Crippen LogP contribution is -2.34. The van der Waals surface area contributed by atoms with E-state index in [2.05, 4.69) is 0 Å². The second-order valence-electron chi connectivity index (χ2n) is 4.26. The highest BCUT2D eigenvalue weighted by Gasteiger charge is 2.24. The summed E-state index contributed by atoms with van der Waals surface area (Å²) in [6, 6.07) is 5.13. The second-order valence-corrected chi connectivity index (χ2v) is 4.26. The molecule has 17 heavy (non-hydrogen) atoms. The molecule has 0 radical (unpaired) electrons. The van der Waals surface area contributed by atoms with Crippen molar-refractivity contribution in [3.05, 3.63) is 29.6 Å². The summed E-state index contributed by atoms with van der Waals surface area (Å²) >= 11 is 0. The maximum atomic E-state index is 13.7. The average molecular weight is 239 g/mol. The Balaban J connectivity index is 2.02. The van der Waals surface area contributed by atoms with Gasteiger partial charge in [0.1, 0.15) is 5.82 Å². The van der Waals surface area contributed by atoms with Gasteiger partial charge in [0.2, 0.25) is 0 Å². The van der Waals surface area contributed by atoms with Crippen molar-refractivity contribution in [2.75, 3.05) is 31.2 Å². The summed E-state index contributed by atoms with van der Waals surface area (Å²) in [5.41, 5.74) is 1.66. The van der Waals surface area contributed by atoms with Crippen molar-refractivity contribution in [3.8, 4) is 0 Å². The third-order valence-corrected chi connectivity index (χ3v) is 2.98. The molecule has 94 valence electrons. The van der Waals surface area contributed by atoms with Crippen molar-refractivity contribution in [2.45, 2.75) is 19.4 Å². The molecule has 4 heteroatoms. The van der Waals surface area contributed by atoms with Crippen LogP contribution in [0.15, 0.2) is 18.2 Å². The summed E-state index contributed by atoms with van der Waals surface area (Å²) in [6.07, 6.45) is 0.273. The highest BCUT2D eigenvalue weighted by Crippen LogP contribution is 2.30. The number of nitrogens with zero attached hydrogens (tertiary/aromatic N) is 1. The van der Waals surface area contributed by atoms with Crippen LogP contribution in [0.1, 0.15) is 12.5 Å². The van der Waals surface area contributed by atoms with Gasteiger partial charge in [-0.15, -0.1) is 0 Å². The van der Waals surface area contributed by atoms with Gasteiger partial charge in [0, 0.05) is 19.7 Å². The quantitative estimate of drug-likeness (QED) is 0.847. The van der Waals surface area contributed by atoms with Gasteiger partial charge >= 0.3 is 0 Å². The predicted molar refractivity (Wildman–Crippen MR) is 64.8 cm³/mol. The van der Waals surface area contributed by atoms with E-state index in [1.807, 2.05) is 17.9 Å². The fourth-order valence-electron chi connectivity index (χ4n) is 2.23. The minimum absolute atomic E-state index is 0.205. The van der Waals surface area contributed by atoms with Crippen molar-refractivity contribution >= 4 is 5.69 Å². The number of β-amino-alcohol motifs (C(OH)–C–C–N with tert-alkyl or cyclic N) is 1. The van der Waals surface area contributed by atoms with E-state index in [9.17, 15) is 9.50 Å². The van der Waals surface area contributed by atoms with Crippen LogP contribution in [0.25, 0.3) is 0 Å². The number of hydrogen-bond donors (Lipinski definition) is 1. The molecular formula is C13H18FNO2. The Morgan fingerprint density at radius 3 is 3.12 bits per heavy atom. The van der Waals surface area contributed by atoms with Gasteiger partial charge < -0.3 is 14.7 Å². The summed E-state index contributed by atoms with van der Waals surface area (Å²) in [5.74, 6) is -0.205. The van der Waals surface area contributed by atoms with Crippen LogP contribution < -0.4 is 4.90 Å². The first-order valence-electron chi connectivity index (χ1n) is 6.00. The first-order valence-corrected chi connectivity index (χ1v) is 6.00. The normalized spacial score (nSPS) is 16.1. The Morgan fingerprint density at radius 1 is 1.53 bits per heavy atom. The van der Waals surface area contributed by atoms with Crippen molar-refractivity contribution in [3.63, 3.8) is 0 Å². The van der Waals surface area contributed by atoms with Gasteiger partial charge in [-0.05, 0) is 25.0 Å². The fourth-order valence-corrected chi connectivity index (χ4v) is 2.23. The number of ether oxygens (including phenoxy) is 1. The number of aliphatic hydroxyl groups excluding tert-OH is 1. The topological polar surface area (TPSA) is 32.7 Å². The van der Waals surface area contributed by atoms with Crippen LogP contribution >= 0.6 is 0 Å². The number of hydrogen-bond acceptors (Lipinski definition) is 3. The lowest BCUT2D eigenvalue weighted by atomic mass is 10.1. The Kier molecular flexibility index (Phi) is 3.97. The number of benzene rings is 1. The zero-order chi connectivity index (χ0) is 12.3. The first-order chi connectivity index (χ1) is 8.22. The standard InChI is InChI=1S/C13H18FNO2/c1-2-17-9-11(16)8-15-7-6-10-4-3-5-12(14)13(10)15/h3-5,11,16H,2,6-9H2,1H3/t11-/m1/s1. The Bertz CT molecular complexity index is 384. The number of rotatable bonds is 5. The lowest BCUT2D eigenvalue weighted by molar-refractivity contribution is 0.0465. The van der Waals surface area contributed by atoms with E-state index in [4.69, 9.17) is 4.74 Å². The van der Waals surface area contributed by atoms with Crippen molar-refractivity contribution < 1.29 is 14.2 Å². The predicted octanol–water partition coefficient (Wildman–Crippen LogP) is 1.59. The molecule has 0 saturated carbocycles. The zero-order valence-corrected chi connectivity index (χ0v) is 10.0. The molecule has 1 heterocycles. The molecule has 1 N–H and O–H groups in total. The number of fused-ring (bicyclic) bond motifs is 1. The molecule has 1 aromatic carbocycles. The molecule has 1 aliphatic rings. The monoisotopic (exact) mass is 239 g/mol. The van der Waals surface area contributed by atoms with Gasteiger partial charge in [-0.2, -0.15) is 0 Å². The second kappa shape index (κ2) is 5.47. The molecule has 0 unspecified atom stereocenters. The van der Waals surface area contributed by atoms with Crippen LogP contribution in [-0.2, 0) is 11.2 Å². The van der Waals surface area contributed by atoms with Gasteiger partial charge in [-0.3, -0.25) is 0 Å². The molecule has 3 nitrogen and oxygen atoms in total. The van der Waals surface area contributed by atoms with Crippen molar-refractivity contribution in [1.29, 1.82) is 0 Å². The molecule has 0 bridgehead atoms. The van der Waals surface area contributed by atoms with Crippen LogP contribution in [0, 0.1) is 5.82 Å². The molecule has 1 aromatic rings. The third kappa shape index (κ3) is 2.76. The van der Waals surface area contributed by atoms with Crippen LogP contribution in [0.3, 0.4) is 0 Å². The van der Waals surface area contributed by atoms with Gasteiger partial charge in [0.15, 0.2) is 0 Å². The number of anilines is 1. The summed E-state index contributed by atoms with van der Waals surface area (Å²) in [4.78, 5) is 1.90. The smallest absolute Gasteiger partial charge is 0.146 e. The van der Waals surface area contributed by atoms with E-state index < -0.39 is 6.10 Å². The van der Waals surface area contributed by atoms with Gasteiger partial charge in [0.25, 0.3) is 0 Å². The molecule has 0 saturated heterocycles. The molecule has 0 aromatic heterocycles. The highest BCUT2D eigenvalue weighted by atomic mass is 19.1. The first kappa shape index (κ1) is 12.3. The molecule has 0 spiro atoms. The van der Waals surface area contributed by atoms with Crippen LogP contribution in [-0.4, -0.2) is 37.5 Å². The average Bonchev–Trinajstić information content (AvgIpc) is 2.71. The number of para-hydroxylation sites is 1. The summed E-state index contributed by atoms with van der Waals surface area (Å²) < 4.78 is 18.8. The van der Waals surface area contributed by atoms with Crippen LogP contribution in [0.4, 0.5) is 10.1 Å². The summed E-state index contributed by atoms with van der Waals surface area (Å²) in [5, 5.41) is 9.77. The van der Waals surface area contributed by atoms with Gasteiger partial charge in [-0.25, -0.2) is 4.39 Å². The van der Waals surface area contributed by atoms with E-state index in [1.54, 1.807) is 6.07 Å². The van der Waals surface area contributed by atoms with Crippen LogP contribution in [0.2, 0.25) is 0 Å². The molecule has 0 aliphatic carbocycles. The highest BCUT2D eigenvalue weighted by molar-refractivity contribution is 5.59. The van der Waals surface area contributed by atoms with E-state index >= 15 is 0 Å². The zero-order valence-electron chi connectivity index (χ0n) is 10.0. The molecule has 1 aliphatic heterocycles. The summed E-state index contributed by atoms with van der Waals surface area (Å²) in [6.45, 7) is 3.96. The van der Waals surface area contributed by atoms with Gasteiger partial charge in [-0.1, -0.05) is 12.1 Å². The Labute approximate surface area is 101 Å². The van der Waals surface area contributed by atoms with E-state index in [-0.39, 0.29) is 5.82 Å². The Hall–Kier alpha value is -1.13. The number of aliphatic hydroxyl groups is 1. The summed E-state index contributed by atoms with van der Waals surface area (Å²) in [7, 11) is 0. The molecule has 0 fully saturated rings. The fraction of sp³-hybridized carbons (Fsp3) is 0.538. The minimum Gasteiger partial charge on any atom is -0.389 e. The maximum absolute atomic E-state index is 13.7. The molecule has 2 rings (SSSR count). The number of halogens is 1. The van der Waals surface area contributed by atoms with Crippen LogP contribution in [0.5, 0.6) is 0 Å². The van der Waals surface area contributed by atoms with Crippen molar-refractivity contribution in [1.82, 2.24) is 0 Å². The minimum atomic E-state index is -0.569. The lowest BCUT2D eigenvalue weighted by Gasteiger charge is -2.23. The molecular weight excluding hydrogens is 221 g/mol. The molecule has 0 amide bonds. The van der Waals surface area contributed by atoms with Crippen molar-refractivity contribution in [2.24, 2.45) is 0 Å². The van der Waals surface area contributed by atoms with Gasteiger partial charge in [0.05, 0.1) is 18.4 Å². The molecule has 1 atom stereocenters. The maximum Gasteiger partial charge on any atom is 0.146 e. The largest absolute Gasteiger partial charge is 0.389 e.